The van der Waals surface area contributed by atoms with Gasteiger partial charge in [-0.25, -0.2) is 4.99 Å². The fourth-order valence-electron chi connectivity index (χ4n) is 3.28. The third kappa shape index (κ3) is 4.65. The third-order valence-corrected chi connectivity index (χ3v) is 4.70. The van der Waals surface area contributed by atoms with E-state index in [1.165, 1.54) is 19.3 Å². The van der Waals surface area contributed by atoms with Crippen LogP contribution in [0.25, 0.3) is 0 Å². The molecule has 0 unspecified atom stereocenters. The molecule has 25 heavy (non-hydrogen) atoms. The lowest BCUT2D eigenvalue weighted by molar-refractivity contribution is 0.270. The number of hydrogen-bond acceptors (Lipinski definition) is 4. The summed E-state index contributed by atoms with van der Waals surface area (Å²) in [7, 11) is 1.79. The molecule has 1 saturated carbocycles. The van der Waals surface area contributed by atoms with Crippen molar-refractivity contribution in [2.45, 2.75) is 57.5 Å². The topological polar surface area (TPSA) is 70.0 Å². The molecule has 0 atom stereocenters. The summed E-state index contributed by atoms with van der Waals surface area (Å²) < 4.78 is 5.71. The normalized spacial score (nSPS) is 20.6. The minimum atomic E-state index is -0.218. The Balaban J connectivity index is 1.68. The van der Waals surface area contributed by atoms with Crippen LogP contribution in [0.1, 0.15) is 51.9 Å². The molecule has 136 valence electrons. The van der Waals surface area contributed by atoms with E-state index in [2.05, 4.69) is 27.9 Å². The quantitative estimate of drug-likeness (QED) is 0.716. The second-order valence-corrected chi connectivity index (χ2v) is 6.73. The Morgan fingerprint density at radius 2 is 1.96 bits per heavy atom. The van der Waals surface area contributed by atoms with Crippen LogP contribution in [0.2, 0.25) is 0 Å². The van der Waals surface area contributed by atoms with E-state index in [9.17, 15) is 0 Å². The zero-order chi connectivity index (χ0) is 17.5. The molecular weight excluding hydrogens is 314 g/mol. The summed E-state index contributed by atoms with van der Waals surface area (Å²) in [6.45, 7) is 2.93. The Morgan fingerprint density at radius 3 is 2.64 bits per heavy atom. The molecule has 1 heterocycles. The summed E-state index contributed by atoms with van der Waals surface area (Å²) >= 11 is 0. The molecule has 1 aromatic carbocycles. The highest BCUT2D eigenvalue weighted by Gasteiger charge is 2.36. The zero-order valence-corrected chi connectivity index (χ0v) is 15.3. The van der Waals surface area contributed by atoms with Crippen molar-refractivity contribution in [3.05, 3.63) is 24.3 Å². The van der Waals surface area contributed by atoms with Crippen LogP contribution >= 0.6 is 0 Å². The first-order valence-corrected chi connectivity index (χ1v) is 9.35. The molecule has 1 spiro atoms. The van der Waals surface area contributed by atoms with Gasteiger partial charge in [0.05, 0.1) is 6.61 Å². The molecule has 2 aliphatic rings. The van der Waals surface area contributed by atoms with Gasteiger partial charge in [0.15, 0.2) is 5.96 Å². The number of nitrogens with zero attached hydrogens (tertiary/aromatic N) is 2. The molecule has 1 aliphatic heterocycles. The smallest absolute Gasteiger partial charge is 0.205 e. The number of benzene rings is 1. The number of aliphatic imine (C=N–C) groups is 2. The zero-order valence-electron chi connectivity index (χ0n) is 15.3. The number of ether oxygens (including phenoxy) is 1. The van der Waals surface area contributed by atoms with Crippen LogP contribution in [0, 0.1) is 0 Å². The van der Waals surface area contributed by atoms with Crippen LogP contribution in [-0.2, 0) is 0 Å². The molecule has 0 amide bonds. The van der Waals surface area contributed by atoms with Crippen LogP contribution in [0.4, 0.5) is 5.69 Å². The van der Waals surface area contributed by atoms with E-state index >= 15 is 0 Å². The minimum absolute atomic E-state index is 0.218. The van der Waals surface area contributed by atoms with E-state index in [0.29, 0.717) is 0 Å². The Morgan fingerprint density at radius 1 is 1.20 bits per heavy atom. The van der Waals surface area contributed by atoms with Gasteiger partial charge in [-0.2, -0.15) is 0 Å². The van der Waals surface area contributed by atoms with Gasteiger partial charge in [-0.1, -0.05) is 19.8 Å². The Hall–Kier alpha value is -2.24. The number of anilines is 1. The maximum atomic E-state index is 5.71. The summed E-state index contributed by atoms with van der Waals surface area (Å²) in [5, 5.41) is 10.1. The molecular formula is C19H29N5O. The fourth-order valence-corrected chi connectivity index (χ4v) is 3.28. The molecule has 3 rings (SSSR count). The van der Waals surface area contributed by atoms with Crippen molar-refractivity contribution in [3.63, 3.8) is 0 Å². The van der Waals surface area contributed by atoms with Crippen molar-refractivity contribution in [2.75, 3.05) is 19.0 Å². The van der Waals surface area contributed by atoms with Gasteiger partial charge in [0, 0.05) is 12.7 Å². The van der Waals surface area contributed by atoms with Crippen molar-refractivity contribution in [3.8, 4) is 5.75 Å². The number of unbranched alkanes of at least 4 members (excludes halogenated alkanes) is 1. The highest BCUT2D eigenvalue weighted by atomic mass is 16.5. The van der Waals surface area contributed by atoms with E-state index in [1.807, 2.05) is 24.3 Å². The van der Waals surface area contributed by atoms with Crippen molar-refractivity contribution >= 4 is 17.6 Å². The first kappa shape index (κ1) is 17.6. The highest BCUT2D eigenvalue weighted by molar-refractivity contribution is 6.07. The summed E-state index contributed by atoms with van der Waals surface area (Å²) in [5.74, 6) is 2.43. The summed E-state index contributed by atoms with van der Waals surface area (Å²) in [6, 6.07) is 8.02. The molecule has 0 bridgehead atoms. The maximum absolute atomic E-state index is 5.71. The van der Waals surface area contributed by atoms with Gasteiger partial charge in [-0.15, -0.1) is 0 Å². The van der Waals surface area contributed by atoms with Crippen molar-refractivity contribution in [1.82, 2.24) is 10.6 Å². The van der Waals surface area contributed by atoms with E-state index in [0.717, 1.165) is 55.6 Å². The van der Waals surface area contributed by atoms with Gasteiger partial charge in [-0.05, 0) is 56.4 Å². The second kappa shape index (κ2) is 8.23. The summed E-state index contributed by atoms with van der Waals surface area (Å²) in [4.78, 5) is 9.22. The van der Waals surface area contributed by atoms with Gasteiger partial charge in [0.1, 0.15) is 11.4 Å². The van der Waals surface area contributed by atoms with Crippen LogP contribution in [0.3, 0.4) is 0 Å². The van der Waals surface area contributed by atoms with Crippen LogP contribution in [0.5, 0.6) is 5.75 Å². The van der Waals surface area contributed by atoms with Gasteiger partial charge >= 0.3 is 0 Å². The standard InChI is InChI=1S/C19H29N5O/c1-3-4-14-25-16-10-8-15(9-11-16)21-18-22-17(20-2)23-19(24-18)12-6-5-7-13-19/h8-11H,3-7,12-14H2,1-2H3,(H3,20,21,22,23,24). The SMILES string of the molecule is CCCCOc1ccc(NC2=NC3(CCCCC3)NC(=NC)N2)cc1. The Bertz CT molecular complexity index is 617. The number of nitrogens with one attached hydrogen (secondary N) is 3. The predicted octanol–water partition coefficient (Wildman–Crippen LogP) is 3.47. The van der Waals surface area contributed by atoms with Gasteiger partial charge in [-0.3, -0.25) is 10.3 Å². The van der Waals surface area contributed by atoms with Crippen molar-refractivity contribution in [2.24, 2.45) is 9.98 Å². The molecule has 6 heteroatoms. The van der Waals surface area contributed by atoms with Gasteiger partial charge < -0.3 is 15.4 Å². The Kier molecular flexibility index (Phi) is 5.79. The van der Waals surface area contributed by atoms with Gasteiger partial charge in [0.25, 0.3) is 0 Å². The average molecular weight is 343 g/mol. The minimum Gasteiger partial charge on any atom is -0.494 e. The number of guanidine groups is 2. The predicted molar refractivity (Wildman–Crippen MR) is 103 cm³/mol. The van der Waals surface area contributed by atoms with Crippen LogP contribution in [-0.4, -0.2) is 31.2 Å². The highest BCUT2D eigenvalue weighted by Crippen LogP contribution is 2.30. The lowest BCUT2D eigenvalue weighted by Gasteiger charge is -2.39. The van der Waals surface area contributed by atoms with E-state index in [4.69, 9.17) is 9.73 Å². The lowest BCUT2D eigenvalue weighted by atomic mass is 9.89. The van der Waals surface area contributed by atoms with E-state index in [1.54, 1.807) is 7.05 Å². The summed E-state index contributed by atoms with van der Waals surface area (Å²) in [6.07, 6.45) is 7.99. The largest absolute Gasteiger partial charge is 0.494 e. The summed E-state index contributed by atoms with van der Waals surface area (Å²) in [5.41, 5.74) is 0.765. The second-order valence-electron chi connectivity index (χ2n) is 6.73. The van der Waals surface area contributed by atoms with E-state index < -0.39 is 0 Å². The van der Waals surface area contributed by atoms with Crippen LogP contribution < -0.4 is 20.7 Å². The fraction of sp³-hybridized carbons (Fsp3) is 0.579. The molecule has 6 nitrogen and oxygen atoms in total. The number of hydrogen-bond donors (Lipinski definition) is 3. The molecule has 0 saturated heterocycles. The molecule has 0 aromatic heterocycles. The third-order valence-electron chi connectivity index (χ3n) is 4.70. The molecule has 1 aromatic rings. The molecule has 1 aliphatic carbocycles. The van der Waals surface area contributed by atoms with E-state index in [-0.39, 0.29) is 5.66 Å². The van der Waals surface area contributed by atoms with Crippen molar-refractivity contribution < 1.29 is 4.74 Å². The molecule has 1 fully saturated rings. The first-order chi connectivity index (χ1) is 12.2. The Labute approximate surface area is 150 Å². The average Bonchev–Trinajstić information content (AvgIpc) is 2.63. The molecule has 3 N–H and O–H groups in total. The van der Waals surface area contributed by atoms with Gasteiger partial charge in [0.2, 0.25) is 5.96 Å². The van der Waals surface area contributed by atoms with Crippen molar-refractivity contribution in [1.29, 1.82) is 0 Å². The first-order valence-electron chi connectivity index (χ1n) is 9.35. The van der Waals surface area contributed by atoms with Crippen LogP contribution in [0.15, 0.2) is 34.3 Å². The monoisotopic (exact) mass is 343 g/mol. The molecule has 0 radical (unpaired) electrons. The lowest BCUT2D eigenvalue weighted by Crippen LogP contribution is -2.60. The maximum Gasteiger partial charge on any atom is 0.205 e. The number of rotatable bonds is 5.